The molecule has 9 nitrogen and oxygen atoms in total. The van der Waals surface area contributed by atoms with Crippen LogP contribution in [0.15, 0.2) is 78.9 Å². The molecule has 3 aromatic rings. The molecule has 1 amide bonds. The number of carboxylic acid groups (broad SMARTS) is 1. The fourth-order valence-corrected chi connectivity index (χ4v) is 5.18. The van der Waals surface area contributed by atoms with Crippen LogP contribution in [-0.2, 0) is 39.4 Å². The Labute approximate surface area is 209 Å². The quantitative estimate of drug-likeness (QED) is 0.383. The van der Waals surface area contributed by atoms with Gasteiger partial charge in [0.2, 0.25) is 0 Å². The molecular weight excluding hydrogens is 482 g/mol. The molecule has 1 fully saturated rings. The van der Waals surface area contributed by atoms with E-state index >= 15 is 0 Å². The summed E-state index contributed by atoms with van der Waals surface area (Å²) in [4.78, 5) is 24.5. The average Bonchev–Trinajstić information content (AvgIpc) is 3.06. The van der Waals surface area contributed by atoms with Crippen molar-refractivity contribution >= 4 is 22.1 Å². The highest BCUT2D eigenvalue weighted by atomic mass is 32.2. The van der Waals surface area contributed by atoms with Crippen LogP contribution in [0.25, 0.3) is 0 Å². The first-order valence-electron chi connectivity index (χ1n) is 11.3. The molecule has 188 valence electrons. The molecule has 10 heteroatoms. The van der Waals surface area contributed by atoms with Gasteiger partial charge in [-0.25, -0.2) is 4.72 Å². The van der Waals surface area contributed by atoms with Gasteiger partial charge in [0, 0.05) is 6.54 Å². The molecule has 1 heterocycles. The van der Waals surface area contributed by atoms with E-state index < -0.39 is 34.3 Å². The molecule has 3 aromatic carbocycles. The SMILES string of the molecule is Cc1cccc(CN2[C@@H](N[C@@H](Cc3ccc(OCc4ccccc4)cc3)C(=O)O)C(=O)NS2(=O)=O)c1. The number of carbonyl (C=O) groups excluding carboxylic acids is 1. The van der Waals surface area contributed by atoms with Gasteiger partial charge in [0.1, 0.15) is 18.4 Å². The highest BCUT2D eigenvalue weighted by Crippen LogP contribution is 2.20. The fraction of sp³-hybridized carbons (Fsp3) is 0.231. The number of rotatable bonds is 10. The Morgan fingerprint density at radius 3 is 2.39 bits per heavy atom. The zero-order chi connectivity index (χ0) is 25.7. The number of aliphatic carboxylic acids is 1. The van der Waals surface area contributed by atoms with Crippen molar-refractivity contribution in [3.63, 3.8) is 0 Å². The molecular formula is C26H27N3O6S. The lowest BCUT2D eigenvalue weighted by molar-refractivity contribution is -0.140. The molecule has 0 radical (unpaired) electrons. The van der Waals surface area contributed by atoms with Crippen molar-refractivity contribution in [2.75, 3.05) is 0 Å². The Bertz CT molecular complexity index is 1330. The van der Waals surface area contributed by atoms with E-state index in [-0.39, 0.29) is 13.0 Å². The zero-order valence-corrected chi connectivity index (χ0v) is 20.4. The standard InChI is InChI=1S/C26H27N3O6S/c1-18-6-5-9-21(14-18)16-29-24(25(30)28-36(29,33)34)27-23(26(31)32)15-19-10-12-22(13-11-19)35-17-20-7-3-2-4-8-20/h2-14,23-24,27H,15-17H2,1H3,(H,28,30)(H,31,32)/t23-,24+/m0/s1. The topological polar surface area (TPSA) is 125 Å². The van der Waals surface area contributed by atoms with Crippen molar-refractivity contribution in [1.82, 2.24) is 14.3 Å². The minimum absolute atomic E-state index is 0.0381. The Morgan fingerprint density at radius 1 is 1.03 bits per heavy atom. The predicted octanol–water partition coefficient (Wildman–Crippen LogP) is 2.36. The molecule has 0 aromatic heterocycles. The summed E-state index contributed by atoms with van der Waals surface area (Å²) in [6.07, 6.45) is -1.32. The Morgan fingerprint density at radius 2 is 1.72 bits per heavy atom. The third-order valence-corrected chi connectivity index (χ3v) is 7.18. The Kier molecular flexibility index (Phi) is 7.68. The lowest BCUT2D eigenvalue weighted by atomic mass is 10.1. The maximum atomic E-state index is 12.6. The van der Waals surface area contributed by atoms with Gasteiger partial charge in [-0.2, -0.15) is 12.7 Å². The fourth-order valence-electron chi connectivity index (χ4n) is 3.94. The van der Waals surface area contributed by atoms with E-state index in [1.54, 1.807) is 36.4 Å². The van der Waals surface area contributed by atoms with E-state index in [2.05, 4.69) is 5.32 Å². The van der Waals surface area contributed by atoms with Crippen LogP contribution in [0, 0.1) is 6.92 Å². The van der Waals surface area contributed by atoms with Crippen LogP contribution in [0.3, 0.4) is 0 Å². The molecule has 3 N–H and O–H groups in total. The second-order valence-corrected chi connectivity index (χ2v) is 10.2. The number of hydrogen-bond acceptors (Lipinski definition) is 6. The van der Waals surface area contributed by atoms with E-state index in [0.29, 0.717) is 23.5 Å². The Balaban J connectivity index is 1.44. The third-order valence-electron chi connectivity index (χ3n) is 5.76. The maximum absolute atomic E-state index is 12.6. The summed E-state index contributed by atoms with van der Waals surface area (Å²) in [5, 5.41) is 12.5. The first kappa shape index (κ1) is 25.4. The number of amides is 1. The first-order chi connectivity index (χ1) is 17.2. The van der Waals surface area contributed by atoms with Crippen molar-refractivity contribution in [3.05, 3.63) is 101 Å². The summed E-state index contributed by atoms with van der Waals surface area (Å²) in [7, 11) is -4.11. The Hall–Kier alpha value is -3.73. The average molecular weight is 510 g/mol. The molecule has 2 atom stereocenters. The molecule has 0 saturated carbocycles. The highest BCUT2D eigenvalue weighted by Gasteiger charge is 2.45. The molecule has 1 aliphatic heterocycles. The molecule has 0 aliphatic carbocycles. The van der Waals surface area contributed by atoms with Gasteiger partial charge in [-0.1, -0.05) is 72.3 Å². The van der Waals surface area contributed by atoms with Crippen LogP contribution >= 0.6 is 0 Å². The number of nitrogens with zero attached hydrogens (tertiary/aromatic N) is 1. The molecule has 36 heavy (non-hydrogen) atoms. The number of aryl methyl sites for hydroxylation is 1. The van der Waals surface area contributed by atoms with Gasteiger partial charge >= 0.3 is 16.2 Å². The summed E-state index contributed by atoms with van der Waals surface area (Å²) < 4.78 is 33.8. The van der Waals surface area contributed by atoms with Crippen molar-refractivity contribution in [3.8, 4) is 5.75 Å². The highest BCUT2D eigenvalue weighted by molar-refractivity contribution is 7.88. The third kappa shape index (κ3) is 6.28. The second kappa shape index (κ2) is 10.9. The lowest BCUT2D eigenvalue weighted by Crippen LogP contribution is -2.53. The number of benzene rings is 3. The van der Waals surface area contributed by atoms with Gasteiger partial charge in [-0.15, -0.1) is 0 Å². The van der Waals surface area contributed by atoms with E-state index in [1.165, 1.54) is 0 Å². The van der Waals surface area contributed by atoms with Crippen molar-refractivity contribution in [2.45, 2.75) is 38.7 Å². The number of ether oxygens (including phenoxy) is 1. The smallest absolute Gasteiger partial charge is 0.321 e. The van der Waals surface area contributed by atoms with Gasteiger partial charge in [-0.05, 0) is 42.2 Å². The largest absolute Gasteiger partial charge is 0.489 e. The van der Waals surface area contributed by atoms with Crippen molar-refractivity contribution < 1.29 is 27.9 Å². The monoisotopic (exact) mass is 509 g/mol. The summed E-state index contributed by atoms with van der Waals surface area (Å²) in [6.45, 7) is 2.20. The zero-order valence-electron chi connectivity index (χ0n) is 19.6. The first-order valence-corrected chi connectivity index (χ1v) is 12.8. The van der Waals surface area contributed by atoms with E-state index in [1.807, 2.05) is 54.1 Å². The lowest BCUT2D eigenvalue weighted by Gasteiger charge is -2.24. The molecule has 4 rings (SSSR count). The van der Waals surface area contributed by atoms with Crippen LogP contribution in [0.4, 0.5) is 0 Å². The van der Waals surface area contributed by atoms with Crippen LogP contribution in [-0.4, -0.2) is 41.9 Å². The normalized spacial score (nSPS) is 17.9. The molecule has 0 unspecified atom stereocenters. The van der Waals surface area contributed by atoms with E-state index in [4.69, 9.17) is 4.74 Å². The predicted molar refractivity (Wildman–Crippen MR) is 133 cm³/mol. The van der Waals surface area contributed by atoms with Crippen LogP contribution in [0.5, 0.6) is 5.75 Å². The minimum Gasteiger partial charge on any atom is -0.489 e. The van der Waals surface area contributed by atoms with Crippen LogP contribution in [0.2, 0.25) is 0 Å². The second-order valence-electron chi connectivity index (χ2n) is 8.59. The van der Waals surface area contributed by atoms with Crippen molar-refractivity contribution in [1.29, 1.82) is 0 Å². The summed E-state index contributed by atoms with van der Waals surface area (Å²) in [5.41, 5.74) is 3.33. The molecule has 1 aliphatic rings. The van der Waals surface area contributed by atoms with Gasteiger partial charge in [0.25, 0.3) is 5.91 Å². The number of carboxylic acids is 1. The van der Waals surface area contributed by atoms with Gasteiger partial charge in [0.15, 0.2) is 6.17 Å². The van der Waals surface area contributed by atoms with E-state index in [9.17, 15) is 23.1 Å². The summed E-state index contributed by atoms with van der Waals surface area (Å²) >= 11 is 0. The van der Waals surface area contributed by atoms with Crippen LogP contribution in [0.1, 0.15) is 22.3 Å². The van der Waals surface area contributed by atoms with E-state index in [0.717, 1.165) is 15.4 Å². The minimum atomic E-state index is -4.11. The maximum Gasteiger partial charge on any atom is 0.321 e. The van der Waals surface area contributed by atoms with Gasteiger partial charge in [0.05, 0.1) is 0 Å². The van der Waals surface area contributed by atoms with Gasteiger partial charge in [-0.3, -0.25) is 14.9 Å². The number of carbonyl (C=O) groups is 2. The number of nitrogens with one attached hydrogen (secondary N) is 2. The molecule has 0 spiro atoms. The van der Waals surface area contributed by atoms with Crippen LogP contribution < -0.4 is 14.8 Å². The van der Waals surface area contributed by atoms with Crippen molar-refractivity contribution in [2.24, 2.45) is 0 Å². The molecule has 1 saturated heterocycles. The van der Waals surface area contributed by atoms with Gasteiger partial charge < -0.3 is 9.84 Å². The summed E-state index contributed by atoms with van der Waals surface area (Å²) in [5.74, 6) is -1.39. The molecule has 0 bridgehead atoms. The number of hydrogen-bond donors (Lipinski definition) is 3. The summed E-state index contributed by atoms with van der Waals surface area (Å²) in [6, 6.07) is 22.7.